The topological polar surface area (TPSA) is 48.5 Å². The summed E-state index contributed by atoms with van der Waals surface area (Å²) in [4.78, 5) is 4.16. The lowest BCUT2D eigenvalue weighted by molar-refractivity contribution is 0.380. The predicted octanol–water partition coefficient (Wildman–Crippen LogP) is 5.12. The van der Waals surface area contributed by atoms with Gasteiger partial charge in [-0.15, -0.1) is 5.10 Å². The summed E-state index contributed by atoms with van der Waals surface area (Å²) >= 11 is 12.7. The zero-order chi connectivity index (χ0) is 17.9. The van der Waals surface area contributed by atoms with Crippen LogP contribution in [0.1, 0.15) is 55.3 Å². The Hall–Kier alpha value is -1.85. The van der Waals surface area contributed by atoms with E-state index in [-0.39, 0.29) is 6.04 Å². The van der Waals surface area contributed by atoms with Crippen LogP contribution in [-0.2, 0) is 6.54 Å². The highest BCUT2D eigenvalue weighted by molar-refractivity contribution is 6.35. The first-order valence-electron chi connectivity index (χ1n) is 9.03. The molecular formula is C19H21Cl2N5. The lowest BCUT2D eigenvalue weighted by Crippen LogP contribution is -2.22. The molecular weight excluding hydrogens is 369 g/mol. The maximum absolute atomic E-state index is 6.55. The third-order valence-corrected chi connectivity index (χ3v) is 5.75. The van der Waals surface area contributed by atoms with Crippen LogP contribution >= 0.6 is 23.2 Å². The Labute approximate surface area is 162 Å². The average Bonchev–Trinajstić information content (AvgIpc) is 3.33. The SMILES string of the molecule is Clc1ccc(C(Cn2ccnc2)n2nncc2C2CCCCC2)c(Cl)c1. The van der Waals surface area contributed by atoms with Gasteiger partial charge in [0.15, 0.2) is 0 Å². The predicted molar refractivity (Wildman–Crippen MR) is 103 cm³/mol. The van der Waals surface area contributed by atoms with Crippen molar-refractivity contribution in [1.82, 2.24) is 24.5 Å². The molecule has 4 rings (SSSR count). The second kappa shape index (κ2) is 7.80. The Morgan fingerprint density at radius 3 is 2.73 bits per heavy atom. The molecule has 1 aromatic carbocycles. The molecule has 0 bridgehead atoms. The summed E-state index contributed by atoms with van der Waals surface area (Å²) in [5, 5.41) is 9.97. The Morgan fingerprint density at radius 1 is 1.15 bits per heavy atom. The Kier molecular flexibility index (Phi) is 5.27. The molecule has 1 saturated carbocycles. The molecule has 0 aliphatic heterocycles. The molecule has 1 aliphatic rings. The van der Waals surface area contributed by atoms with Gasteiger partial charge in [-0.3, -0.25) is 0 Å². The fourth-order valence-corrected chi connectivity index (χ4v) is 4.39. The van der Waals surface area contributed by atoms with E-state index >= 15 is 0 Å². The van der Waals surface area contributed by atoms with Crippen LogP contribution in [0.4, 0.5) is 0 Å². The first-order valence-corrected chi connectivity index (χ1v) is 9.79. The van der Waals surface area contributed by atoms with E-state index in [0.717, 1.165) is 5.56 Å². The number of aromatic nitrogens is 5. The van der Waals surface area contributed by atoms with Gasteiger partial charge >= 0.3 is 0 Å². The highest BCUT2D eigenvalue weighted by Crippen LogP contribution is 2.36. The smallest absolute Gasteiger partial charge is 0.0983 e. The summed E-state index contributed by atoms with van der Waals surface area (Å²) in [6.07, 6.45) is 13.7. The highest BCUT2D eigenvalue weighted by Gasteiger charge is 2.26. The first-order chi connectivity index (χ1) is 12.7. The van der Waals surface area contributed by atoms with Crippen molar-refractivity contribution in [2.75, 3.05) is 0 Å². The Balaban J connectivity index is 1.74. The van der Waals surface area contributed by atoms with E-state index in [9.17, 15) is 0 Å². The van der Waals surface area contributed by atoms with Gasteiger partial charge in [0.25, 0.3) is 0 Å². The summed E-state index contributed by atoms with van der Waals surface area (Å²) in [6, 6.07) is 5.59. The Morgan fingerprint density at radius 2 is 2.00 bits per heavy atom. The normalized spacial score (nSPS) is 16.7. The zero-order valence-corrected chi connectivity index (χ0v) is 15.9. The minimum Gasteiger partial charge on any atom is -0.335 e. The van der Waals surface area contributed by atoms with Crippen LogP contribution in [0.25, 0.3) is 0 Å². The molecule has 2 aromatic heterocycles. The van der Waals surface area contributed by atoms with E-state index in [0.29, 0.717) is 22.5 Å². The van der Waals surface area contributed by atoms with Gasteiger partial charge in [-0.2, -0.15) is 0 Å². The van der Waals surface area contributed by atoms with E-state index in [2.05, 4.69) is 15.3 Å². The largest absolute Gasteiger partial charge is 0.335 e. The molecule has 0 amide bonds. The van der Waals surface area contributed by atoms with Crippen molar-refractivity contribution in [2.24, 2.45) is 0 Å². The maximum atomic E-state index is 6.55. The van der Waals surface area contributed by atoms with Crippen molar-refractivity contribution in [3.63, 3.8) is 0 Å². The van der Waals surface area contributed by atoms with Crippen LogP contribution < -0.4 is 0 Å². The number of benzene rings is 1. The van der Waals surface area contributed by atoms with Crippen molar-refractivity contribution >= 4 is 23.2 Å². The Bertz CT molecular complexity index is 853. The third-order valence-electron chi connectivity index (χ3n) is 5.19. The van der Waals surface area contributed by atoms with Gasteiger partial charge in [0.05, 0.1) is 30.8 Å². The van der Waals surface area contributed by atoms with Crippen LogP contribution in [-0.4, -0.2) is 24.5 Å². The highest BCUT2D eigenvalue weighted by atomic mass is 35.5. The maximum Gasteiger partial charge on any atom is 0.0983 e. The van der Waals surface area contributed by atoms with Crippen molar-refractivity contribution in [3.8, 4) is 0 Å². The second-order valence-corrected chi connectivity index (χ2v) is 7.72. The molecule has 2 heterocycles. The number of halogens is 2. The van der Waals surface area contributed by atoms with Crippen molar-refractivity contribution in [2.45, 2.75) is 50.6 Å². The third kappa shape index (κ3) is 3.64. The number of imidazole rings is 1. The zero-order valence-electron chi connectivity index (χ0n) is 14.4. The first kappa shape index (κ1) is 17.6. The minimum absolute atomic E-state index is 0.0617. The van der Waals surface area contributed by atoms with Gasteiger partial charge in [0.1, 0.15) is 0 Å². The molecule has 1 atom stereocenters. The van der Waals surface area contributed by atoms with Crippen molar-refractivity contribution in [3.05, 3.63) is 64.4 Å². The van der Waals surface area contributed by atoms with Gasteiger partial charge in [-0.25, -0.2) is 9.67 Å². The van der Waals surface area contributed by atoms with Gasteiger partial charge in [-0.05, 0) is 30.5 Å². The molecule has 0 spiro atoms. The van der Waals surface area contributed by atoms with Crippen LogP contribution in [0.2, 0.25) is 10.0 Å². The number of hydrogen-bond donors (Lipinski definition) is 0. The molecule has 7 heteroatoms. The lowest BCUT2D eigenvalue weighted by Gasteiger charge is -2.26. The van der Waals surface area contributed by atoms with E-state index in [4.69, 9.17) is 23.2 Å². The van der Waals surface area contributed by atoms with Crippen LogP contribution in [0, 0.1) is 0 Å². The summed E-state index contributed by atoms with van der Waals surface area (Å²) in [7, 11) is 0. The standard InChI is InChI=1S/C19H21Cl2N5/c20-15-6-7-16(17(21)10-15)19(12-25-9-8-22-13-25)26-18(11-23-24-26)14-4-2-1-3-5-14/h6-11,13-14,19H,1-5,12H2. The number of rotatable bonds is 5. The molecule has 0 radical (unpaired) electrons. The summed E-state index contributed by atoms with van der Waals surface area (Å²) in [6.45, 7) is 0.685. The van der Waals surface area contributed by atoms with Gasteiger partial charge in [0.2, 0.25) is 0 Å². The molecule has 5 nitrogen and oxygen atoms in total. The molecule has 136 valence electrons. The molecule has 1 aliphatic carbocycles. The van der Waals surface area contributed by atoms with Crippen molar-refractivity contribution < 1.29 is 0 Å². The fourth-order valence-electron chi connectivity index (χ4n) is 3.86. The van der Waals surface area contributed by atoms with Crippen LogP contribution in [0.5, 0.6) is 0 Å². The quantitative estimate of drug-likeness (QED) is 0.608. The number of nitrogens with zero attached hydrogens (tertiary/aromatic N) is 5. The van der Waals surface area contributed by atoms with E-state index in [1.165, 1.54) is 37.8 Å². The van der Waals surface area contributed by atoms with Crippen molar-refractivity contribution in [1.29, 1.82) is 0 Å². The molecule has 26 heavy (non-hydrogen) atoms. The monoisotopic (exact) mass is 389 g/mol. The molecule has 0 saturated heterocycles. The van der Waals surface area contributed by atoms with Gasteiger partial charge in [-0.1, -0.05) is 53.7 Å². The van der Waals surface area contributed by atoms with Gasteiger partial charge < -0.3 is 4.57 Å². The number of hydrogen-bond acceptors (Lipinski definition) is 3. The fraction of sp³-hybridized carbons (Fsp3) is 0.421. The van der Waals surface area contributed by atoms with E-state index in [1.807, 2.05) is 40.1 Å². The molecule has 0 N–H and O–H groups in total. The minimum atomic E-state index is -0.0617. The van der Waals surface area contributed by atoms with Crippen LogP contribution in [0.15, 0.2) is 43.1 Å². The lowest BCUT2D eigenvalue weighted by atomic mass is 9.87. The summed E-state index contributed by atoms with van der Waals surface area (Å²) < 4.78 is 4.09. The summed E-state index contributed by atoms with van der Waals surface area (Å²) in [5.41, 5.74) is 2.19. The molecule has 1 unspecified atom stereocenters. The van der Waals surface area contributed by atoms with E-state index in [1.54, 1.807) is 12.3 Å². The summed E-state index contributed by atoms with van der Waals surface area (Å²) in [5.74, 6) is 0.509. The molecule has 1 fully saturated rings. The van der Waals surface area contributed by atoms with Gasteiger partial charge in [0, 0.05) is 28.4 Å². The van der Waals surface area contributed by atoms with Crippen LogP contribution in [0.3, 0.4) is 0 Å². The molecule has 3 aromatic rings. The van der Waals surface area contributed by atoms with E-state index < -0.39 is 0 Å². The average molecular weight is 390 g/mol. The second-order valence-electron chi connectivity index (χ2n) is 6.88.